The van der Waals surface area contributed by atoms with E-state index in [-0.39, 0.29) is 11.4 Å². The Morgan fingerprint density at radius 1 is 1.32 bits per heavy atom. The van der Waals surface area contributed by atoms with E-state index in [0.29, 0.717) is 6.54 Å². The molecule has 0 unspecified atom stereocenters. The van der Waals surface area contributed by atoms with Crippen molar-refractivity contribution >= 4 is 17.3 Å². The van der Waals surface area contributed by atoms with Gasteiger partial charge in [-0.2, -0.15) is 0 Å². The van der Waals surface area contributed by atoms with E-state index >= 15 is 0 Å². The Balaban J connectivity index is 2.10. The molecule has 2 rings (SSSR count). The number of carboxylic acid groups (broad SMARTS) is 1. The first kappa shape index (κ1) is 19.0. The first-order valence-corrected chi connectivity index (χ1v) is 8.19. The molecule has 1 aromatic rings. The third-order valence-corrected chi connectivity index (χ3v) is 4.60. The molecule has 0 atom stereocenters. The zero-order chi connectivity index (χ0) is 18.8. The lowest BCUT2D eigenvalue weighted by molar-refractivity contribution is -0.385. The van der Waals surface area contributed by atoms with Gasteiger partial charge in [0.15, 0.2) is 5.75 Å². The number of rotatable bonds is 6. The van der Waals surface area contributed by atoms with Gasteiger partial charge in [0, 0.05) is 50.5 Å². The van der Waals surface area contributed by atoms with Crippen molar-refractivity contribution in [3.63, 3.8) is 0 Å². The summed E-state index contributed by atoms with van der Waals surface area (Å²) in [5.74, 6) is -0.550. The number of nitro benzene ring substituents is 1. The van der Waals surface area contributed by atoms with Crippen LogP contribution in [0.2, 0.25) is 0 Å². The zero-order valence-electron chi connectivity index (χ0n) is 15.1. The standard InChI is InChI=1S/C17H25N3O5/c1-12-9-14(20(23)24)15(25-4)10-13(12)19-7-5-18(6-8-19)11-17(2,3)16(21)22/h9-10H,5-8,11H2,1-4H3,(H,21,22). The van der Waals surface area contributed by atoms with Gasteiger partial charge in [0.1, 0.15) is 0 Å². The Kier molecular flexibility index (Phi) is 5.52. The van der Waals surface area contributed by atoms with Crippen molar-refractivity contribution in [3.05, 3.63) is 27.8 Å². The fourth-order valence-corrected chi connectivity index (χ4v) is 3.08. The number of carboxylic acids is 1. The van der Waals surface area contributed by atoms with Gasteiger partial charge in [-0.05, 0) is 26.3 Å². The van der Waals surface area contributed by atoms with Gasteiger partial charge >= 0.3 is 11.7 Å². The molecule has 1 N–H and O–H groups in total. The number of ether oxygens (including phenoxy) is 1. The average molecular weight is 351 g/mol. The lowest BCUT2D eigenvalue weighted by Crippen LogP contribution is -2.50. The van der Waals surface area contributed by atoms with Crippen LogP contribution in [0.1, 0.15) is 19.4 Å². The summed E-state index contributed by atoms with van der Waals surface area (Å²) < 4.78 is 5.16. The summed E-state index contributed by atoms with van der Waals surface area (Å²) in [4.78, 5) is 26.2. The number of piperazine rings is 1. The van der Waals surface area contributed by atoms with Gasteiger partial charge in [-0.15, -0.1) is 0 Å². The normalized spacial score (nSPS) is 15.9. The largest absolute Gasteiger partial charge is 0.490 e. The van der Waals surface area contributed by atoms with E-state index in [1.807, 2.05) is 6.92 Å². The van der Waals surface area contributed by atoms with Crippen molar-refractivity contribution < 1.29 is 19.6 Å². The molecule has 25 heavy (non-hydrogen) atoms. The molecular weight excluding hydrogens is 326 g/mol. The Morgan fingerprint density at radius 2 is 1.92 bits per heavy atom. The second kappa shape index (κ2) is 7.26. The van der Waals surface area contributed by atoms with Gasteiger partial charge < -0.3 is 14.7 Å². The number of benzene rings is 1. The summed E-state index contributed by atoms with van der Waals surface area (Å²) in [6, 6.07) is 3.25. The van der Waals surface area contributed by atoms with Crippen LogP contribution in [0.5, 0.6) is 5.75 Å². The molecular formula is C17H25N3O5. The van der Waals surface area contributed by atoms with Crippen molar-refractivity contribution in [1.82, 2.24) is 4.90 Å². The van der Waals surface area contributed by atoms with Gasteiger partial charge in [0.05, 0.1) is 17.4 Å². The highest BCUT2D eigenvalue weighted by atomic mass is 16.6. The van der Waals surface area contributed by atoms with Crippen LogP contribution in [-0.4, -0.2) is 60.7 Å². The molecule has 1 fully saturated rings. The Morgan fingerprint density at radius 3 is 2.40 bits per heavy atom. The predicted molar refractivity (Wildman–Crippen MR) is 94.5 cm³/mol. The molecule has 1 heterocycles. The van der Waals surface area contributed by atoms with Gasteiger partial charge in [-0.3, -0.25) is 19.8 Å². The number of nitro groups is 1. The Bertz CT molecular complexity index is 666. The molecule has 1 aliphatic heterocycles. The quantitative estimate of drug-likeness (QED) is 0.619. The van der Waals surface area contributed by atoms with Crippen LogP contribution < -0.4 is 9.64 Å². The minimum Gasteiger partial charge on any atom is -0.490 e. The highest BCUT2D eigenvalue weighted by Crippen LogP contribution is 2.35. The van der Waals surface area contributed by atoms with Gasteiger partial charge in [0.25, 0.3) is 0 Å². The third-order valence-electron chi connectivity index (χ3n) is 4.60. The highest BCUT2D eigenvalue weighted by Gasteiger charge is 2.31. The molecule has 0 radical (unpaired) electrons. The first-order valence-electron chi connectivity index (χ1n) is 8.19. The maximum absolute atomic E-state index is 11.3. The fraction of sp³-hybridized carbons (Fsp3) is 0.588. The number of aryl methyl sites for hydroxylation is 1. The maximum Gasteiger partial charge on any atom is 0.311 e. The SMILES string of the molecule is COc1cc(N2CCN(CC(C)(C)C(=O)O)CC2)c(C)cc1[N+](=O)[O-]. The van der Waals surface area contributed by atoms with E-state index < -0.39 is 16.3 Å². The maximum atomic E-state index is 11.3. The van der Waals surface area contributed by atoms with Crippen molar-refractivity contribution in [2.24, 2.45) is 5.41 Å². The number of aliphatic carboxylic acids is 1. The molecule has 8 nitrogen and oxygen atoms in total. The van der Waals surface area contributed by atoms with Crippen LogP contribution in [0.3, 0.4) is 0 Å². The van der Waals surface area contributed by atoms with Gasteiger partial charge in [0.2, 0.25) is 0 Å². The molecule has 0 spiro atoms. The van der Waals surface area contributed by atoms with E-state index in [2.05, 4.69) is 9.80 Å². The minimum absolute atomic E-state index is 0.0365. The number of nitrogens with zero attached hydrogens (tertiary/aromatic N) is 3. The first-order chi connectivity index (χ1) is 11.7. The fourth-order valence-electron chi connectivity index (χ4n) is 3.08. The van der Waals surface area contributed by atoms with E-state index in [4.69, 9.17) is 4.74 Å². The van der Waals surface area contributed by atoms with E-state index in [0.717, 1.165) is 37.4 Å². The summed E-state index contributed by atoms with van der Waals surface area (Å²) in [5.41, 5.74) is 0.922. The molecule has 0 aliphatic carbocycles. The molecule has 1 aliphatic rings. The monoisotopic (exact) mass is 351 g/mol. The van der Waals surface area contributed by atoms with Crippen molar-refractivity contribution in [2.45, 2.75) is 20.8 Å². The molecule has 0 aromatic heterocycles. The lowest BCUT2D eigenvalue weighted by atomic mass is 9.93. The van der Waals surface area contributed by atoms with Gasteiger partial charge in [-0.1, -0.05) is 0 Å². The number of hydrogen-bond acceptors (Lipinski definition) is 6. The third kappa shape index (κ3) is 4.19. The predicted octanol–water partition coefficient (Wildman–Crippen LogP) is 2.14. The number of hydrogen-bond donors (Lipinski definition) is 1. The molecule has 0 bridgehead atoms. The van der Waals surface area contributed by atoms with Crippen LogP contribution in [-0.2, 0) is 4.79 Å². The lowest BCUT2D eigenvalue weighted by Gasteiger charge is -2.39. The van der Waals surface area contributed by atoms with Crippen LogP contribution in [0.15, 0.2) is 12.1 Å². The average Bonchev–Trinajstić information content (AvgIpc) is 2.55. The van der Waals surface area contributed by atoms with Crippen LogP contribution in [0, 0.1) is 22.5 Å². The van der Waals surface area contributed by atoms with Crippen molar-refractivity contribution in [2.75, 3.05) is 44.7 Å². The number of anilines is 1. The van der Waals surface area contributed by atoms with Crippen molar-refractivity contribution in [1.29, 1.82) is 0 Å². The summed E-state index contributed by atoms with van der Waals surface area (Å²) in [6.45, 7) is 8.76. The van der Waals surface area contributed by atoms with E-state index in [1.54, 1.807) is 19.9 Å². The van der Waals surface area contributed by atoms with E-state index in [1.165, 1.54) is 13.2 Å². The molecule has 138 valence electrons. The summed E-state index contributed by atoms with van der Waals surface area (Å²) in [7, 11) is 1.42. The number of carbonyl (C=O) groups is 1. The number of methoxy groups -OCH3 is 1. The second-order valence-electron chi connectivity index (χ2n) is 7.02. The zero-order valence-corrected chi connectivity index (χ0v) is 15.1. The Labute approximate surface area is 147 Å². The smallest absolute Gasteiger partial charge is 0.311 e. The molecule has 1 aromatic carbocycles. The summed E-state index contributed by atoms with van der Waals surface area (Å²) >= 11 is 0. The molecule has 0 amide bonds. The topological polar surface area (TPSA) is 96.2 Å². The van der Waals surface area contributed by atoms with E-state index in [9.17, 15) is 20.0 Å². The van der Waals surface area contributed by atoms with Crippen molar-refractivity contribution in [3.8, 4) is 5.75 Å². The molecule has 0 saturated carbocycles. The highest BCUT2D eigenvalue weighted by molar-refractivity contribution is 5.73. The van der Waals surface area contributed by atoms with Gasteiger partial charge in [-0.25, -0.2) is 0 Å². The summed E-state index contributed by atoms with van der Waals surface area (Å²) in [6.07, 6.45) is 0. The minimum atomic E-state index is -0.800. The molecule has 8 heteroatoms. The molecule has 1 saturated heterocycles. The van der Waals surface area contributed by atoms with Crippen LogP contribution >= 0.6 is 0 Å². The Hall–Kier alpha value is -2.35. The van der Waals surface area contributed by atoms with Crippen LogP contribution in [0.25, 0.3) is 0 Å². The van der Waals surface area contributed by atoms with Crippen LogP contribution in [0.4, 0.5) is 11.4 Å². The summed E-state index contributed by atoms with van der Waals surface area (Å²) in [5, 5.41) is 20.4. The second-order valence-corrected chi connectivity index (χ2v) is 7.02.